The third-order valence-electron chi connectivity index (χ3n) is 5.01. The number of rotatable bonds is 1. The van der Waals surface area contributed by atoms with E-state index in [4.69, 9.17) is 11.6 Å². The van der Waals surface area contributed by atoms with Crippen LogP contribution >= 0.6 is 11.6 Å². The van der Waals surface area contributed by atoms with Crippen LogP contribution in [0.25, 0.3) is 0 Å². The minimum Gasteiger partial charge on any atom is -0.313 e. The van der Waals surface area contributed by atoms with Crippen molar-refractivity contribution in [2.45, 2.75) is 31.7 Å². The van der Waals surface area contributed by atoms with Crippen LogP contribution in [-0.4, -0.2) is 28.6 Å². The number of benzene rings is 1. The van der Waals surface area contributed by atoms with Gasteiger partial charge in [0.15, 0.2) is 0 Å². The highest BCUT2D eigenvalue weighted by Gasteiger charge is 2.58. The van der Waals surface area contributed by atoms with Crippen molar-refractivity contribution in [2.75, 3.05) is 17.3 Å². The van der Waals surface area contributed by atoms with Crippen LogP contribution in [0.3, 0.4) is 0 Å². The SMILES string of the molecule is CC(C)n1[nH]c(=O)c2c1NC(=O)C[C@]21C(=O)N(C)c2c(Cl)cccc21. The minimum absolute atomic E-state index is 0.0834. The Morgan fingerprint density at radius 1 is 1.24 bits per heavy atom. The maximum absolute atomic E-state index is 13.3. The van der Waals surface area contributed by atoms with Gasteiger partial charge < -0.3 is 10.2 Å². The summed E-state index contributed by atoms with van der Waals surface area (Å²) in [5, 5.41) is 5.92. The van der Waals surface area contributed by atoms with Crippen LogP contribution in [0.4, 0.5) is 11.5 Å². The lowest BCUT2D eigenvalue weighted by molar-refractivity contribution is -0.126. The zero-order chi connectivity index (χ0) is 18.1. The maximum Gasteiger partial charge on any atom is 0.270 e. The van der Waals surface area contributed by atoms with E-state index in [1.165, 1.54) is 4.90 Å². The molecule has 2 amide bonds. The van der Waals surface area contributed by atoms with Gasteiger partial charge in [0.2, 0.25) is 11.8 Å². The van der Waals surface area contributed by atoms with Gasteiger partial charge in [-0.15, -0.1) is 0 Å². The second-order valence-corrected chi connectivity index (χ2v) is 7.17. The van der Waals surface area contributed by atoms with Crippen molar-refractivity contribution in [1.82, 2.24) is 9.78 Å². The van der Waals surface area contributed by atoms with Crippen molar-refractivity contribution in [3.63, 3.8) is 0 Å². The third kappa shape index (κ3) is 1.84. The van der Waals surface area contributed by atoms with E-state index in [0.29, 0.717) is 22.1 Å². The van der Waals surface area contributed by atoms with Crippen LogP contribution < -0.4 is 15.8 Å². The highest BCUT2D eigenvalue weighted by atomic mass is 35.5. The Hall–Kier alpha value is -2.54. The number of halogens is 1. The van der Waals surface area contributed by atoms with E-state index in [1.54, 1.807) is 29.9 Å². The van der Waals surface area contributed by atoms with E-state index < -0.39 is 5.41 Å². The van der Waals surface area contributed by atoms with Crippen molar-refractivity contribution < 1.29 is 9.59 Å². The summed E-state index contributed by atoms with van der Waals surface area (Å²) >= 11 is 6.31. The van der Waals surface area contributed by atoms with Gasteiger partial charge in [0.05, 0.1) is 22.7 Å². The topological polar surface area (TPSA) is 87.2 Å². The van der Waals surface area contributed by atoms with E-state index in [0.717, 1.165) is 0 Å². The number of aromatic amines is 1. The Kier molecular flexibility index (Phi) is 3.18. The fourth-order valence-corrected chi connectivity index (χ4v) is 4.28. The van der Waals surface area contributed by atoms with Gasteiger partial charge in [0.25, 0.3) is 5.56 Å². The van der Waals surface area contributed by atoms with Crippen LogP contribution in [0, 0.1) is 0 Å². The van der Waals surface area contributed by atoms with Gasteiger partial charge in [0.1, 0.15) is 11.2 Å². The van der Waals surface area contributed by atoms with Gasteiger partial charge in [0, 0.05) is 13.1 Å². The Labute approximate surface area is 148 Å². The van der Waals surface area contributed by atoms with Crippen molar-refractivity contribution in [3.8, 4) is 0 Å². The molecule has 2 aromatic rings. The molecule has 0 aliphatic carbocycles. The number of aromatic nitrogens is 2. The first-order valence-corrected chi connectivity index (χ1v) is 8.38. The highest BCUT2D eigenvalue weighted by molar-refractivity contribution is 6.35. The number of likely N-dealkylation sites (N-methyl/N-ethyl adjacent to an activating group) is 1. The molecule has 1 aromatic carbocycles. The van der Waals surface area contributed by atoms with Gasteiger partial charge >= 0.3 is 0 Å². The van der Waals surface area contributed by atoms with E-state index in [2.05, 4.69) is 10.4 Å². The molecule has 0 bridgehead atoms. The smallest absolute Gasteiger partial charge is 0.270 e. The van der Waals surface area contributed by atoms with Crippen LogP contribution in [0.15, 0.2) is 23.0 Å². The molecule has 0 unspecified atom stereocenters. The zero-order valence-corrected chi connectivity index (χ0v) is 14.8. The summed E-state index contributed by atoms with van der Waals surface area (Å²) in [6.45, 7) is 3.77. The molecular formula is C17H17ClN4O3. The van der Waals surface area contributed by atoms with Crippen molar-refractivity contribution in [1.29, 1.82) is 0 Å². The van der Waals surface area contributed by atoms with E-state index in [-0.39, 0.29) is 35.4 Å². The number of amides is 2. The number of carbonyl (C=O) groups excluding carboxylic acids is 2. The number of para-hydroxylation sites is 1. The molecule has 3 heterocycles. The molecule has 0 saturated carbocycles. The monoisotopic (exact) mass is 360 g/mol. The van der Waals surface area contributed by atoms with Gasteiger partial charge in [-0.25, -0.2) is 0 Å². The normalized spacial score (nSPS) is 21.7. The second-order valence-electron chi connectivity index (χ2n) is 6.76. The molecule has 2 aliphatic heterocycles. The quantitative estimate of drug-likeness (QED) is 0.815. The average Bonchev–Trinajstić information content (AvgIpc) is 2.98. The molecule has 130 valence electrons. The predicted octanol–water partition coefficient (Wildman–Crippen LogP) is 2.02. The Bertz CT molecular complexity index is 990. The molecule has 1 atom stereocenters. The largest absolute Gasteiger partial charge is 0.313 e. The van der Waals surface area contributed by atoms with Crippen LogP contribution in [0.1, 0.15) is 37.4 Å². The standard InChI is InChI=1S/C17H17ClN4O3/c1-8(2)22-14-12(15(24)20-22)17(7-11(23)19-14)9-5-4-6-10(18)13(9)21(3)16(17)25/h4-6,8H,7H2,1-3H3,(H,19,23)(H,20,24)/t17-/m1/s1. The van der Waals surface area contributed by atoms with Crippen LogP contribution in [0.5, 0.6) is 0 Å². The van der Waals surface area contributed by atoms with Crippen molar-refractivity contribution in [2.24, 2.45) is 0 Å². The van der Waals surface area contributed by atoms with Gasteiger partial charge in [-0.2, -0.15) is 0 Å². The van der Waals surface area contributed by atoms with Gasteiger partial charge in [-0.05, 0) is 25.5 Å². The number of anilines is 2. The third-order valence-corrected chi connectivity index (χ3v) is 5.31. The summed E-state index contributed by atoms with van der Waals surface area (Å²) in [4.78, 5) is 39.9. The lowest BCUT2D eigenvalue weighted by Gasteiger charge is -2.31. The number of hydrogen-bond acceptors (Lipinski definition) is 3. The Balaban J connectivity index is 2.12. The summed E-state index contributed by atoms with van der Waals surface area (Å²) in [6, 6.07) is 5.10. The molecule has 0 radical (unpaired) electrons. The zero-order valence-electron chi connectivity index (χ0n) is 14.0. The number of carbonyl (C=O) groups is 2. The van der Waals surface area contributed by atoms with Gasteiger partial charge in [-0.3, -0.25) is 24.2 Å². The number of fused-ring (bicyclic) bond motifs is 4. The van der Waals surface area contributed by atoms with Gasteiger partial charge in [-0.1, -0.05) is 23.7 Å². The summed E-state index contributed by atoms with van der Waals surface area (Å²) < 4.78 is 1.59. The van der Waals surface area contributed by atoms with Crippen LogP contribution in [0.2, 0.25) is 5.02 Å². The summed E-state index contributed by atoms with van der Waals surface area (Å²) in [5.41, 5.74) is -0.306. The van der Waals surface area contributed by atoms with E-state index in [9.17, 15) is 14.4 Å². The summed E-state index contributed by atoms with van der Waals surface area (Å²) in [7, 11) is 1.61. The highest BCUT2D eigenvalue weighted by Crippen LogP contribution is 2.52. The fraction of sp³-hybridized carbons (Fsp3) is 0.353. The van der Waals surface area contributed by atoms with Crippen LogP contribution in [-0.2, 0) is 15.0 Å². The average molecular weight is 361 g/mol. The minimum atomic E-state index is -1.35. The first kappa shape index (κ1) is 16.0. The second kappa shape index (κ2) is 4.98. The summed E-state index contributed by atoms with van der Waals surface area (Å²) in [5.74, 6) is -0.278. The molecule has 1 aromatic heterocycles. The Morgan fingerprint density at radius 2 is 1.96 bits per heavy atom. The number of nitrogens with zero attached hydrogens (tertiary/aromatic N) is 2. The molecule has 0 saturated heterocycles. The van der Waals surface area contributed by atoms with E-state index in [1.807, 2.05) is 13.8 Å². The Morgan fingerprint density at radius 3 is 2.64 bits per heavy atom. The lowest BCUT2D eigenvalue weighted by atomic mass is 9.71. The van der Waals surface area contributed by atoms with Crippen molar-refractivity contribution in [3.05, 3.63) is 44.7 Å². The van der Waals surface area contributed by atoms with E-state index >= 15 is 0 Å². The number of nitrogens with one attached hydrogen (secondary N) is 2. The first-order valence-electron chi connectivity index (χ1n) is 8.01. The first-order chi connectivity index (χ1) is 11.8. The number of H-pyrrole nitrogens is 1. The molecule has 0 fully saturated rings. The molecular weight excluding hydrogens is 344 g/mol. The lowest BCUT2D eigenvalue weighted by Crippen LogP contribution is -2.47. The predicted molar refractivity (Wildman–Crippen MR) is 94.3 cm³/mol. The molecule has 8 heteroatoms. The molecule has 25 heavy (non-hydrogen) atoms. The molecule has 4 rings (SSSR count). The molecule has 7 nitrogen and oxygen atoms in total. The van der Waals surface area contributed by atoms with Crippen molar-refractivity contribution >= 4 is 34.9 Å². The molecule has 2 N–H and O–H groups in total. The molecule has 1 spiro atoms. The molecule has 2 aliphatic rings. The maximum atomic E-state index is 13.3. The fourth-order valence-electron chi connectivity index (χ4n) is 3.98. The summed E-state index contributed by atoms with van der Waals surface area (Å²) in [6.07, 6.45) is -0.123. The number of hydrogen-bond donors (Lipinski definition) is 2.